The second-order valence-electron chi connectivity index (χ2n) is 3.46. The lowest BCUT2D eigenvalue weighted by Gasteiger charge is -2.22. The molecule has 0 aliphatic carbocycles. The molecule has 0 saturated heterocycles. The van der Waals surface area contributed by atoms with E-state index in [0.29, 0.717) is 0 Å². The fourth-order valence-electron chi connectivity index (χ4n) is 1.29. The van der Waals surface area contributed by atoms with Crippen LogP contribution in [-0.2, 0) is 5.92 Å². The zero-order valence-electron chi connectivity index (χ0n) is 8.60. The molecule has 0 spiro atoms. The van der Waals surface area contributed by atoms with Gasteiger partial charge in [0.1, 0.15) is 5.82 Å². The van der Waals surface area contributed by atoms with Gasteiger partial charge >= 0.3 is 0 Å². The molecule has 0 heterocycles. The number of hydrogen-bond donors (Lipinski definition) is 1. The van der Waals surface area contributed by atoms with Crippen LogP contribution in [0, 0.1) is 5.82 Å². The van der Waals surface area contributed by atoms with E-state index in [9.17, 15) is 13.2 Å². The average Bonchev–Trinajstić information content (AvgIpc) is 2.17. The minimum atomic E-state index is -3.13. The number of alkyl halides is 2. The van der Waals surface area contributed by atoms with Crippen molar-refractivity contribution >= 4 is 5.69 Å². The van der Waals surface area contributed by atoms with E-state index in [1.807, 2.05) is 0 Å². The minimum Gasteiger partial charge on any atom is -0.377 e. The fourth-order valence-corrected chi connectivity index (χ4v) is 1.29. The maximum atomic E-state index is 13.4. The Hall–Kier alpha value is -1.23. The Bertz CT molecular complexity index is 351. The highest BCUT2D eigenvalue weighted by molar-refractivity contribution is 5.54. The van der Waals surface area contributed by atoms with Gasteiger partial charge in [-0.3, -0.25) is 0 Å². The van der Waals surface area contributed by atoms with Crippen LogP contribution in [-0.4, -0.2) is 20.6 Å². The molecule has 0 aliphatic heterocycles. The summed E-state index contributed by atoms with van der Waals surface area (Å²) in [5.41, 5.74) is 4.87. The quantitative estimate of drug-likeness (QED) is 0.840. The smallest absolute Gasteiger partial charge is 0.287 e. The topological polar surface area (TPSA) is 29.3 Å². The predicted molar refractivity (Wildman–Crippen MR) is 53.7 cm³/mol. The van der Waals surface area contributed by atoms with Crippen LogP contribution >= 0.6 is 0 Å². The second-order valence-corrected chi connectivity index (χ2v) is 3.46. The van der Waals surface area contributed by atoms with E-state index < -0.39 is 18.3 Å². The van der Waals surface area contributed by atoms with Crippen molar-refractivity contribution < 1.29 is 13.2 Å². The first-order valence-corrected chi connectivity index (χ1v) is 4.43. The molecular weight excluding hydrogens is 205 g/mol. The summed E-state index contributed by atoms with van der Waals surface area (Å²) in [6.07, 6.45) is 0. The van der Waals surface area contributed by atoms with Gasteiger partial charge in [0.05, 0.1) is 6.54 Å². The second kappa shape index (κ2) is 4.10. The Morgan fingerprint density at radius 2 is 1.93 bits per heavy atom. The Labute approximate surface area is 86.5 Å². The molecule has 1 rings (SSSR count). The molecule has 0 aliphatic rings. The molecule has 0 radical (unpaired) electrons. The van der Waals surface area contributed by atoms with Gasteiger partial charge < -0.3 is 10.6 Å². The number of benzene rings is 1. The zero-order valence-corrected chi connectivity index (χ0v) is 8.60. The molecule has 0 aromatic heterocycles. The SMILES string of the molecule is CN(C)c1cc(F)ccc1C(F)(F)CN. The van der Waals surface area contributed by atoms with Crippen LogP contribution in [0.25, 0.3) is 0 Å². The first-order chi connectivity index (χ1) is 6.88. The molecule has 1 aromatic rings. The van der Waals surface area contributed by atoms with E-state index in [2.05, 4.69) is 0 Å². The van der Waals surface area contributed by atoms with Crippen LogP contribution < -0.4 is 10.6 Å². The van der Waals surface area contributed by atoms with E-state index in [1.165, 1.54) is 4.90 Å². The number of rotatable bonds is 3. The molecule has 1 aromatic carbocycles. The summed E-state index contributed by atoms with van der Waals surface area (Å²) in [5, 5.41) is 0. The highest BCUT2D eigenvalue weighted by atomic mass is 19.3. The summed E-state index contributed by atoms with van der Waals surface area (Å²) in [4.78, 5) is 1.43. The Balaban J connectivity index is 3.29. The van der Waals surface area contributed by atoms with Crippen LogP contribution in [0.4, 0.5) is 18.9 Å². The molecule has 2 N–H and O–H groups in total. The predicted octanol–water partition coefficient (Wildman–Crippen LogP) is 1.94. The minimum absolute atomic E-state index is 0.144. The van der Waals surface area contributed by atoms with Crippen molar-refractivity contribution in [2.24, 2.45) is 5.73 Å². The van der Waals surface area contributed by atoms with Crippen LogP contribution in [0.3, 0.4) is 0 Å². The third kappa shape index (κ3) is 2.41. The number of halogens is 3. The third-order valence-electron chi connectivity index (χ3n) is 2.09. The lowest BCUT2D eigenvalue weighted by Crippen LogP contribution is -2.27. The molecule has 0 bridgehead atoms. The van der Waals surface area contributed by atoms with Crippen LogP contribution in [0.1, 0.15) is 5.56 Å². The number of nitrogens with two attached hydrogens (primary N) is 1. The summed E-state index contributed by atoms with van der Waals surface area (Å²) < 4.78 is 39.6. The van der Waals surface area contributed by atoms with Gasteiger partial charge in [0.2, 0.25) is 0 Å². The van der Waals surface area contributed by atoms with Crippen LogP contribution in [0.15, 0.2) is 18.2 Å². The molecule has 2 nitrogen and oxygen atoms in total. The van der Waals surface area contributed by atoms with E-state index in [0.717, 1.165) is 18.2 Å². The first kappa shape index (κ1) is 11.8. The average molecular weight is 218 g/mol. The maximum Gasteiger partial charge on any atom is 0.287 e. The summed E-state index contributed by atoms with van der Waals surface area (Å²) in [5.74, 6) is -3.68. The van der Waals surface area contributed by atoms with Gasteiger partial charge in [0, 0.05) is 25.3 Å². The van der Waals surface area contributed by atoms with Gasteiger partial charge in [-0.2, -0.15) is 8.78 Å². The Kier molecular flexibility index (Phi) is 3.24. The van der Waals surface area contributed by atoms with Gasteiger partial charge in [-0.15, -0.1) is 0 Å². The number of nitrogens with zero attached hydrogens (tertiary/aromatic N) is 1. The van der Waals surface area contributed by atoms with Crippen molar-refractivity contribution in [3.63, 3.8) is 0 Å². The van der Waals surface area contributed by atoms with Crippen molar-refractivity contribution in [1.29, 1.82) is 0 Å². The fraction of sp³-hybridized carbons (Fsp3) is 0.400. The highest BCUT2D eigenvalue weighted by Gasteiger charge is 2.32. The monoisotopic (exact) mass is 218 g/mol. The summed E-state index contributed by atoms with van der Waals surface area (Å²) in [6, 6.07) is 3.14. The molecule has 0 saturated carbocycles. The summed E-state index contributed by atoms with van der Waals surface area (Å²) >= 11 is 0. The molecular formula is C10H13F3N2. The largest absolute Gasteiger partial charge is 0.377 e. The van der Waals surface area contributed by atoms with Gasteiger partial charge in [-0.05, 0) is 18.2 Å². The molecule has 0 fully saturated rings. The standard InChI is InChI=1S/C10H13F3N2/c1-15(2)9-5-7(11)3-4-8(9)10(12,13)6-14/h3-5H,6,14H2,1-2H3. The van der Waals surface area contributed by atoms with Gasteiger partial charge in [0.15, 0.2) is 0 Å². The normalized spacial score (nSPS) is 11.6. The van der Waals surface area contributed by atoms with Gasteiger partial charge in [-0.25, -0.2) is 4.39 Å². The molecule has 0 amide bonds. The van der Waals surface area contributed by atoms with Gasteiger partial charge in [0.25, 0.3) is 5.92 Å². The molecule has 0 unspecified atom stereocenters. The highest BCUT2D eigenvalue weighted by Crippen LogP contribution is 2.34. The van der Waals surface area contributed by atoms with Crippen LogP contribution in [0.5, 0.6) is 0 Å². The first-order valence-electron chi connectivity index (χ1n) is 4.43. The summed E-state index contributed by atoms with van der Waals surface area (Å²) in [6.45, 7) is -0.792. The van der Waals surface area contributed by atoms with Crippen molar-refractivity contribution in [3.05, 3.63) is 29.6 Å². The van der Waals surface area contributed by atoms with E-state index in [1.54, 1.807) is 14.1 Å². The van der Waals surface area contributed by atoms with E-state index in [-0.39, 0.29) is 11.3 Å². The zero-order chi connectivity index (χ0) is 11.6. The van der Waals surface area contributed by atoms with Crippen LogP contribution in [0.2, 0.25) is 0 Å². The Morgan fingerprint density at radius 3 is 2.40 bits per heavy atom. The lowest BCUT2D eigenvalue weighted by atomic mass is 10.1. The molecule has 5 heteroatoms. The number of hydrogen-bond acceptors (Lipinski definition) is 2. The maximum absolute atomic E-state index is 13.4. The Morgan fingerprint density at radius 1 is 1.33 bits per heavy atom. The number of anilines is 1. The lowest BCUT2D eigenvalue weighted by molar-refractivity contribution is 0.00645. The van der Waals surface area contributed by atoms with Crippen molar-refractivity contribution in [1.82, 2.24) is 0 Å². The third-order valence-corrected chi connectivity index (χ3v) is 2.09. The summed E-state index contributed by atoms with van der Waals surface area (Å²) in [7, 11) is 3.15. The van der Waals surface area contributed by atoms with Gasteiger partial charge in [-0.1, -0.05) is 0 Å². The van der Waals surface area contributed by atoms with Crippen molar-refractivity contribution in [3.8, 4) is 0 Å². The van der Waals surface area contributed by atoms with E-state index >= 15 is 0 Å². The molecule has 15 heavy (non-hydrogen) atoms. The van der Waals surface area contributed by atoms with E-state index in [4.69, 9.17) is 5.73 Å². The van der Waals surface area contributed by atoms with Crippen molar-refractivity contribution in [2.45, 2.75) is 5.92 Å². The molecule has 0 atom stereocenters. The van der Waals surface area contributed by atoms with Crippen molar-refractivity contribution in [2.75, 3.05) is 25.5 Å². The molecule has 84 valence electrons.